The number of carbonyl (C=O) groups is 1. The number of amides is 1. The first-order chi connectivity index (χ1) is 13.4. The number of fused-ring (bicyclic) bond motifs is 1. The maximum atomic E-state index is 12.9. The molecule has 2 aliphatic rings. The lowest BCUT2D eigenvalue weighted by Gasteiger charge is -2.28. The van der Waals surface area contributed by atoms with Crippen LogP contribution in [0.2, 0.25) is 0 Å². The van der Waals surface area contributed by atoms with Crippen LogP contribution in [0.4, 0.5) is 8.78 Å². The van der Waals surface area contributed by atoms with E-state index >= 15 is 0 Å². The van der Waals surface area contributed by atoms with E-state index in [1.165, 1.54) is 23.3 Å². The van der Waals surface area contributed by atoms with Crippen LogP contribution >= 0.6 is 0 Å². The van der Waals surface area contributed by atoms with E-state index in [2.05, 4.69) is 47.9 Å². The Kier molecular flexibility index (Phi) is 5.06. The molecule has 0 aromatic heterocycles. The molecule has 0 N–H and O–H groups in total. The monoisotopic (exact) mass is 386 g/mol. The maximum Gasteiger partial charge on any atom is 0.387 e. The summed E-state index contributed by atoms with van der Waals surface area (Å²) < 4.78 is 28.9. The number of aryl methyl sites for hydroxylation is 1. The average molecular weight is 386 g/mol. The van der Waals surface area contributed by atoms with Crippen LogP contribution in [0.1, 0.15) is 27.5 Å². The van der Waals surface area contributed by atoms with Gasteiger partial charge in [-0.2, -0.15) is 8.78 Å². The predicted molar refractivity (Wildman–Crippen MR) is 103 cm³/mol. The Morgan fingerprint density at radius 1 is 1.07 bits per heavy atom. The van der Waals surface area contributed by atoms with Gasteiger partial charge in [0.2, 0.25) is 0 Å². The second-order valence-electron chi connectivity index (χ2n) is 7.78. The fraction of sp³-hybridized carbons (Fsp3) is 0.409. The molecule has 4 rings (SSSR count). The highest BCUT2D eigenvalue weighted by Crippen LogP contribution is 2.45. The quantitative estimate of drug-likeness (QED) is 0.797. The number of hydrogen-bond acceptors (Lipinski definition) is 3. The largest absolute Gasteiger partial charge is 0.435 e. The minimum absolute atomic E-state index is 0.0517. The van der Waals surface area contributed by atoms with E-state index in [9.17, 15) is 13.6 Å². The molecule has 28 heavy (non-hydrogen) atoms. The van der Waals surface area contributed by atoms with Crippen molar-refractivity contribution >= 4 is 5.91 Å². The van der Waals surface area contributed by atoms with E-state index < -0.39 is 6.61 Å². The van der Waals surface area contributed by atoms with E-state index in [1.807, 2.05) is 4.90 Å². The maximum absolute atomic E-state index is 12.9. The van der Waals surface area contributed by atoms with Crippen LogP contribution in [0.15, 0.2) is 48.5 Å². The van der Waals surface area contributed by atoms with Crippen molar-refractivity contribution in [3.63, 3.8) is 0 Å². The third-order valence-electron chi connectivity index (χ3n) is 6.02. The number of carbonyl (C=O) groups excluding carboxylic acids is 1. The number of hydrogen-bond donors (Lipinski definition) is 0. The average Bonchev–Trinajstić information content (AvgIpc) is 3.19. The standard InChI is InChI=1S/C22H24F2N2O2/c1-14-5-3-4-6-18(14)20-19-13-26(12-16(19)11-25(20)2)21(27)15-7-9-17(10-8-15)28-22(23)24/h3-10,16,19-20,22H,11-13H2,1-2H3/t16-,19+,20+/m0/s1. The summed E-state index contributed by atoms with van der Waals surface area (Å²) in [5.74, 6) is 0.853. The van der Waals surface area contributed by atoms with Gasteiger partial charge in [0.15, 0.2) is 0 Å². The SMILES string of the molecule is Cc1ccccc1[C@@H]1[C@@H]2CN(C(=O)c3ccc(OC(F)F)cc3)C[C@@H]2CN1C. The summed E-state index contributed by atoms with van der Waals surface area (Å²) in [6.45, 7) is 1.68. The fourth-order valence-corrected chi connectivity index (χ4v) is 4.77. The van der Waals surface area contributed by atoms with Crippen LogP contribution in [0, 0.1) is 18.8 Å². The van der Waals surface area contributed by atoms with Crippen LogP contribution in [0.5, 0.6) is 5.75 Å². The first-order valence-electron chi connectivity index (χ1n) is 9.54. The normalized spacial score (nSPS) is 24.6. The third-order valence-corrected chi connectivity index (χ3v) is 6.02. The summed E-state index contributed by atoms with van der Waals surface area (Å²) in [5.41, 5.74) is 3.11. The van der Waals surface area contributed by atoms with E-state index in [4.69, 9.17) is 0 Å². The second kappa shape index (κ2) is 7.51. The summed E-state index contributed by atoms with van der Waals surface area (Å²) in [6, 6.07) is 14.7. The Bertz CT molecular complexity index is 856. The van der Waals surface area contributed by atoms with Crippen molar-refractivity contribution in [2.75, 3.05) is 26.7 Å². The summed E-state index contributed by atoms with van der Waals surface area (Å²) in [5, 5.41) is 0. The molecule has 6 heteroatoms. The molecular formula is C22H24F2N2O2. The number of alkyl halides is 2. The summed E-state index contributed by atoms with van der Waals surface area (Å²) >= 11 is 0. The zero-order valence-electron chi connectivity index (χ0n) is 16.0. The minimum Gasteiger partial charge on any atom is -0.435 e. The molecule has 0 bridgehead atoms. The molecule has 3 atom stereocenters. The lowest BCUT2D eigenvalue weighted by Crippen LogP contribution is -2.33. The zero-order valence-corrected chi connectivity index (χ0v) is 16.0. The Labute approximate surface area is 163 Å². The summed E-state index contributed by atoms with van der Waals surface area (Å²) in [6.07, 6.45) is 0. The number of benzene rings is 2. The molecule has 2 aliphatic heterocycles. The van der Waals surface area contributed by atoms with Crippen molar-refractivity contribution in [3.05, 3.63) is 65.2 Å². The van der Waals surface area contributed by atoms with Crippen molar-refractivity contribution in [2.24, 2.45) is 11.8 Å². The Morgan fingerprint density at radius 3 is 2.46 bits per heavy atom. The number of ether oxygens (including phenoxy) is 1. The molecule has 0 aliphatic carbocycles. The highest BCUT2D eigenvalue weighted by molar-refractivity contribution is 5.94. The Hall–Kier alpha value is -2.47. The van der Waals surface area contributed by atoms with Gasteiger partial charge in [0.05, 0.1) is 0 Å². The molecule has 0 unspecified atom stereocenters. The molecular weight excluding hydrogens is 362 g/mol. The van der Waals surface area contributed by atoms with E-state index in [0.29, 0.717) is 30.0 Å². The van der Waals surface area contributed by atoms with Crippen LogP contribution in [-0.4, -0.2) is 49.0 Å². The van der Waals surface area contributed by atoms with Gasteiger partial charge in [-0.15, -0.1) is 0 Å². The van der Waals surface area contributed by atoms with Gasteiger partial charge in [-0.05, 0) is 55.3 Å². The molecule has 2 heterocycles. The number of rotatable bonds is 4. The predicted octanol–water partition coefficient (Wildman–Crippen LogP) is 3.97. The van der Waals surface area contributed by atoms with Crippen LogP contribution in [-0.2, 0) is 0 Å². The molecule has 148 valence electrons. The fourth-order valence-electron chi connectivity index (χ4n) is 4.77. The second-order valence-corrected chi connectivity index (χ2v) is 7.78. The van der Waals surface area contributed by atoms with E-state index in [1.54, 1.807) is 12.1 Å². The van der Waals surface area contributed by atoms with Gasteiger partial charge in [0.25, 0.3) is 5.91 Å². The van der Waals surface area contributed by atoms with Crippen LogP contribution < -0.4 is 4.74 Å². The van der Waals surface area contributed by atoms with Gasteiger partial charge >= 0.3 is 6.61 Å². The smallest absolute Gasteiger partial charge is 0.387 e. The first-order valence-corrected chi connectivity index (χ1v) is 9.54. The Morgan fingerprint density at radius 2 is 1.79 bits per heavy atom. The topological polar surface area (TPSA) is 32.8 Å². The lowest BCUT2D eigenvalue weighted by molar-refractivity contribution is -0.0498. The molecule has 2 saturated heterocycles. The van der Waals surface area contributed by atoms with Gasteiger partial charge in [0, 0.05) is 37.2 Å². The van der Waals surface area contributed by atoms with Crippen molar-refractivity contribution < 1.29 is 18.3 Å². The molecule has 0 saturated carbocycles. The molecule has 4 nitrogen and oxygen atoms in total. The van der Waals surface area contributed by atoms with Gasteiger partial charge in [0.1, 0.15) is 5.75 Å². The first kappa shape index (κ1) is 18.9. The van der Waals surface area contributed by atoms with Gasteiger partial charge in [-0.1, -0.05) is 24.3 Å². The highest BCUT2D eigenvalue weighted by atomic mass is 19.3. The number of halogens is 2. The van der Waals surface area contributed by atoms with Crippen molar-refractivity contribution in [3.8, 4) is 5.75 Å². The molecule has 0 radical (unpaired) electrons. The molecule has 2 aromatic carbocycles. The summed E-state index contributed by atoms with van der Waals surface area (Å²) in [4.78, 5) is 17.2. The van der Waals surface area contributed by atoms with E-state index in [-0.39, 0.29) is 11.7 Å². The third kappa shape index (κ3) is 3.49. The van der Waals surface area contributed by atoms with Crippen molar-refractivity contribution in [2.45, 2.75) is 19.6 Å². The van der Waals surface area contributed by atoms with Crippen LogP contribution in [0.3, 0.4) is 0 Å². The number of nitrogens with zero attached hydrogens (tertiary/aromatic N) is 2. The Balaban J connectivity index is 1.49. The minimum atomic E-state index is -2.87. The summed E-state index contributed by atoms with van der Waals surface area (Å²) in [7, 11) is 2.16. The highest BCUT2D eigenvalue weighted by Gasteiger charge is 2.47. The van der Waals surface area contributed by atoms with Crippen LogP contribution in [0.25, 0.3) is 0 Å². The van der Waals surface area contributed by atoms with Gasteiger partial charge in [-0.25, -0.2) is 0 Å². The molecule has 0 spiro atoms. The zero-order chi connectivity index (χ0) is 19.8. The van der Waals surface area contributed by atoms with Crippen molar-refractivity contribution in [1.82, 2.24) is 9.80 Å². The van der Waals surface area contributed by atoms with Gasteiger partial charge in [-0.3, -0.25) is 9.69 Å². The van der Waals surface area contributed by atoms with E-state index in [0.717, 1.165) is 13.1 Å². The molecule has 2 fully saturated rings. The molecule has 2 aromatic rings. The number of likely N-dealkylation sites (tertiary alicyclic amines) is 2. The van der Waals surface area contributed by atoms with Crippen molar-refractivity contribution in [1.29, 1.82) is 0 Å². The lowest BCUT2D eigenvalue weighted by atomic mass is 9.88. The van der Waals surface area contributed by atoms with Gasteiger partial charge < -0.3 is 9.64 Å². The molecule has 1 amide bonds.